The molecule has 3 aromatic rings. The van der Waals surface area contributed by atoms with Crippen LogP contribution in [-0.4, -0.2) is 87.6 Å². The minimum atomic E-state index is -0.524. The number of aryl methyl sites for hydroxylation is 2. The number of amides is 3. The van der Waals surface area contributed by atoms with Gasteiger partial charge in [0.15, 0.2) is 6.20 Å². The van der Waals surface area contributed by atoms with Gasteiger partial charge in [-0.3, -0.25) is 24.1 Å². The first-order valence-corrected chi connectivity index (χ1v) is 22.8. The number of ketones is 1. The fourth-order valence-electron chi connectivity index (χ4n) is 10.4. The summed E-state index contributed by atoms with van der Waals surface area (Å²) in [7, 11) is 4.12. The van der Waals surface area contributed by atoms with Crippen molar-refractivity contribution in [2.75, 3.05) is 20.1 Å². The maximum absolute atomic E-state index is 14.1. The Balaban J connectivity index is 1.04. The highest BCUT2D eigenvalue weighted by molar-refractivity contribution is 6.01. The summed E-state index contributed by atoms with van der Waals surface area (Å²) in [6.45, 7) is 12.8. The van der Waals surface area contributed by atoms with Crippen LogP contribution in [0.5, 0.6) is 0 Å². The molecule has 4 aliphatic rings. The molecule has 1 N–H and O–H groups in total. The molecular formula is C50H67N7O4+2. The molecule has 2 fully saturated rings. The van der Waals surface area contributed by atoms with Crippen LogP contribution < -0.4 is 9.88 Å². The largest absolute Gasteiger partial charge is 0.341 e. The number of fused-ring (bicyclic) bond motifs is 2. The summed E-state index contributed by atoms with van der Waals surface area (Å²) in [6.07, 6.45) is 14.1. The van der Waals surface area contributed by atoms with E-state index in [1.54, 1.807) is 6.92 Å². The molecule has 11 nitrogen and oxygen atoms in total. The molecule has 0 aliphatic carbocycles. The molecule has 2 aromatic carbocycles. The first-order chi connectivity index (χ1) is 29.1. The highest BCUT2D eigenvalue weighted by atomic mass is 16.2. The van der Waals surface area contributed by atoms with Crippen LogP contribution in [0, 0.1) is 17.8 Å². The Hall–Kier alpha value is -4.90. The Bertz CT molecular complexity index is 2240. The number of likely N-dealkylation sites (N-methyl/N-ethyl adjacent to an activating group) is 1. The lowest BCUT2D eigenvalue weighted by Crippen LogP contribution is -2.63. The second-order valence-corrected chi connectivity index (χ2v) is 19.1. The molecule has 11 heteroatoms. The highest BCUT2D eigenvalue weighted by Crippen LogP contribution is 2.37. The highest BCUT2D eigenvalue weighted by Gasteiger charge is 2.50. The maximum Gasteiger partial charge on any atom is 0.336 e. The zero-order valence-corrected chi connectivity index (χ0v) is 37.8. The van der Waals surface area contributed by atoms with Gasteiger partial charge in [0, 0.05) is 56.3 Å². The van der Waals surface area contributed by atoms with E-state index in [0.29, 0.717) is 12.8 Å². The predicted molar refractivity (Wildman–Crippen MR) is 240 cm³/mol. The lowest BCUT2D eigenvalue weighted by Gasteiger charge is -2.37. The van der Waals surface area contributed by atoms with Crippen molar-refractivity contribution in [2.24, 2.45) is 34.8 Å². The second kappa shape index (κ2) is 18.6. The maximum atomic E-state index is 14.1. The van der Waals surface area contributed by atoms with Gasteiger partial charge in [0.1, 0.15) is 30.6 Å². The Morgan fingerprint density at radius 2 is 1.69 bits per heavy atom. The van der Waals surface area contributed by atoms with Crippen molar-refractivity contribution in [2.45, 2.75) is 137 Å². The summed E-state index contributed by atoms with van der Waals surface area (Å²) in [5.41, 5.74) is 10.7. The van der Waals surface area contributed by atoms with E-state index in [2.05, 4.69) is 78.3 Å². The van der Waals surface area contributed by atoms with Gasteiger partial charge >= 0.3 is 5.91 Å². The SMILES string of the molecule is CC(=O)CCCC(C(=O)N1CCCC1C1=Nc2ccc(-c3c[n+](C)c(Cc4ccc5c(c4)N=C(C4CCC[N+]4(C)C(=O)C(NC(C)=O)C(C)C)CCC5)cn3)cc2C1)C(C)C. The first kappa shape index (κ1) is 44.2. The number of quaternary nitrogens is 1. The van der Waals surface area contributed by atoms with E-state index in [1.807, 2.05) is 27.1 Å². The van der Waals surface area contributed by atoms with Gasteiger partial charge in [-0.25, -0.2) is 14.3 Å². The van der Waals surface area contributed by atoms with Crippen LogP contribution >= 0.6 is 0 Å². The number of Topliss-reactive ketones (excluding diaryl/α,β-unsaturated/α-hetero) is 1. The van der Waals surface area contributed by atoms with Gasteiger partial charge in [-0.05, 0) is 98.6 Å². The van der Waals surface area contributed by atoms with E-state index >= 15 is 0 Å². The standard InChI is InChI=1S/C50H66N7O4/c1-31(2)40(15-9-13-33(5)58)49(60)56-23-11-17-46(56)44-28-38-27-37(21-22-41(38)53-44)45-30-55(7)39(29-51-45)25-35-19-20-36-14-10-16-42(54-43(36)26-35)47-18-12-24-57(47,8)50(61)48(32(3)4)52-34(6)59/h19-22,26-27,29-32,40,46-48H,9-18,23-25,28H2,1-8H3/q+1/p+1. The predicted octanol–water partition coefficient (Wildman–Crippen LogP) is 7.52. The second-order valence-electron chi connectivity index (χ2n) is 19.1. The molecule has 61 heavy (non-hydrogen) atoms. The van der Waals surface area contributed by atoms with E-state index in [9.17, 15) is 19.2 Å². The summed E-state index contributed by atoms with van der Waals surface area (Å²) in [5, 5.41) is 2.94. The summed E-state index contributed by atoms with van der Waals surface area (Å²) >= 11 is 0. The molecule has 5 atom stereocenters. The van der Waals surface area contributed by atoms with E-state index < -0.39 is 6.04 Å². The molecule has 5 heterocycles. The number of carbonyl (C=O) groups excluding carboxylic acids is 4. The van der Waals surface area contributed by atoms with Crippen LogP contribution in [0.4, 0.5) is 11.4 Å². The molecule has 0 bridgehead atoms. The van der Waals surface area contributed by atoms with E-state index in [4.69, 9.17) is 15.0 Å². The monoisotopic (exact) mass is 830 g/mol. The smallest absolute Gasteiger partial charge is 0.336 e. The van der Waals surface area contributed by atoms with Gasteiger partial charge in [0.25, 0.3) is 0 Å². The number of hydrogen-bond donors (Lipinski definition) is 1. The summed E-state index contributed by atoms with van der Waals surface area (Å²) < 4.78 is 2.45. The molecule has 0 saturated carbocycles. The average molecular weight is 830 g/mol. The number of carbonyl (C=O) groups is 4. The van der Waals surface area contributed by atoms with E-state index in [-0.39, 0.29) is 57.8 Å². The molecule has 5 unspecified atom stereocenters. The number of aliphatic imine (C=N–C) groups is 2. The molecule has 0 spiro atoms. The van der Waals surface area contributed by atoms with Crippen molar-refractivity contribution < 1.29 is 28.2 Å². The topological polar surface area (TPSA) is 125 Å². The Morgan fingerprint density at radius 3 is 2.41 bits per heavy atom. The van der Waals surface area contributed by atoms with Crippen molar-refractivity contribution in [3.8, 4) is 11.3 Å². The Morgan fingerprint density at radius 1 is 0.902 bits per heavy atom. The van der Waals surface area contributed by atoms with Crippen LogP contribution in [0.3, 0.4) is 0 Å². The third-order valence-corrected chi connectivity index (χ3v) is 13.9. The van der Waals surface area contributed by atoms with Gasteiger partial charge in [0.05, 0.1) is 49.3 Å². The molecule has 2 saturated heterocycles. The quantitative estimate of drug-likeness (QED) is 0.133. The number of rotatable bonds is 14. The van der Waals surface area contributed by atoms with Crippen LogP contribution in [0.15, 0.2) is 58.8 Å². The van der Waals surface area contributed by atoms with Crippen molar-refractivity contribution in [1.29, 1.82) is 0 Å². The molecule has 4 aliphatic heterocycles. The molecule has 7 rings (SSSR count). The van der Waals surface area contributed by atoms with Crippen molar-refractivity contribution in [3.05, 3.63) is 71.2 Å². The lowest BCUT2D eigenvalue weighted by molar-refractivity contribution is -0.837. The van der Waals surface area contributed by atoms with Gasteiger partial charge in [-0.1, -0.05) is 45.9 Å². The van der Waals surface area contributed by atoms with E-state index in [1.165, 1.54) is 18.1 Å². The third-order valence-electron chi connectivity index (χ3n) is 13.9. The third kappa shape index (κ3) is 9.62. The zero-order valence-electron chi connectivity index (χ0n) is 37.8. The number of nitrogens with one attached hydrogen (secondary N) is 1. The normalized spacial score (nSPS) is 22.0. The van der Waals surface area contributed by atoms with E-state index in [0.717, 1.165) is 123 Å². The van der Waals surface area contributed by atoms with Crippen LogP contribution in [-0.2, 0) is 45.5 Å². The first-order valence-electron chi connectivity index (χ1n) is 22.8. The van der Waals surface area contributed by atoms with Gasteiger partial charge < -0.3 is 15.0 Å². The van der Waals surface area contributed by atoms with Gasteiger partial charge in [0.2, 0.25) is 17.5 Å². The lowest BCUT2D eigenvalue weighted by atomic mass is 9.88. The van der Waals surface area contributed by atoms with Gasteiger partial charge in [-0.2, -0.15) is 0 Å². The summed E-state index contributed by atoms with van der Waals surface area (Å²) in [5.74, 6) is 0.427. The Kier molecular flexibility index (Phi) is 13.5. The van der Waals surface area contributed by atoms with Gasteiger partial charge in [-0.15, -0.1) is 0 Å². The minimum absolute atomic E-state index is 0.000344. The van der Waals surface area contributed by atoms with Crippen LogP contribution in [0.1, 0.15) is 122 Å². The molecule has 0 radical (unpaired) electrons. The number of aromatic nitrogens is 2. The van der Waals surface area contributed by atoms with Crippen LogP contribution in [0.2, 0.25) is 0 Å². The molecule has 324 valence electrons. The number of nitrogens with zero attached hydrogens (tertiary/aromatic N) is 6. The summed E-state index contributed by atoms with van der Waals surface area (Å²) in [4.78, 5) is 69.1. The fraction of sp³-hybridized carbons (Fsp3) is 0.560. The zero-order chi connectivity index (χ0) is 43.6. The molecule has 3 amide bonds. The Labute approximate surface area is 362 Å². The van der Waals surface area contributed by atoms with Crippen molar-refractivity contribution >= 4 is 46.3 Å². The van der Waals surface area contributed by atoms with Crippen LogP contribution in [0.25, 0.3) is 11.3 Å². The average Bonchev–Trinajstić information content (AvgIpc) is 3.94. The van der Waals surface area contributed by atoms with Crippen molar-refractivity contribution in [3.63, 3.8) is 0 Å². The number of benzene rings is 2. The summed E-state index contributed by atoms with van der Waals surface area (Å²) in [6, 6.07) is 12.5. The number of likely N-dealkylation sites (tertiary alicyclic amines) is 2. The minimum Gasteiger partial charge on any atom is -0.341 e. The molecule has 1 aromatic heterocycles. The fourth-order valence-corrected chi connectivity index (χ4v) is 10.4. The number of hydrogen-bond acceptors (Lipinski definition) is 7. The molecular weight excluding hydrogens is 763 g/mol. The van der Waals surface area contributed by atoms with Crippen molar-refractivity contribution in [1.82, 2.24) is 15.2 Å².